The highest BCUT2D eigenvalue weighted by molar-refractivity contribution is 5.90. The first-order valence-electron chi connectivity index (χ1n) is 19.2. The number of unbranched alkanes of at least 4 members (excludes halogenated alkanes) is 4. The van der Waals surface area contributed by atoms with E-state index in [0.29, 0.717) is 23.0 Å². The number of hydrogen-bond donors (Lipinski definition) is 0. The van der Waals surface area contributed by atoms with Gasteiger partial charge in [-0.15, -0.1) is 0 Å². The first-order chi connectivity index (χ1) is 23.5. The Bertz CT molecular complexity index is 1360. The lowest BCUT2D eigenvalue weighted by molar-refractivity contribution is -0.00134. The van der Waals surface area contributed by atoms with Gasteiger partial charge >= 0.3 is 11.9 Å². The second-order valence-electron chi connectivity index (χ2n) is 14.6. The minimum Gasteiger partial charge on any atom is -0.458 e. The molecular weight excluding hydrogens is 592 g/mol. The van der Waals surface area contributed by atoms with Crippen LogP contribution >= 0.6 is 0 Å². The van der Waals surface area contributed by atoms with E-state index in [1.165, 1.54) is 114 Å². The number of esters is 2. The molecule has 0 amide bonds. The zero-order valence-corrected chi connectivity index (χ0v) is 29.5. The number of rotatable bonds is 16. The lowest BCUT2D eigenvalue weighted by Gasteiger charge is -2.29. The van der Waals surface area contributed by atoms with Crippen LogP contribution in [0.1, 0.15) is 172 Å². The van der Waals surface area contributed by atoms with E-state index in [0.717, 1.165) is 17.4 Å². The Balaban J connectivity index is 1.12. The molecule has 0 N–H and O–H groups in total. The van der Waals surface area contributed by atoms with Gasteiger partial charge in [-0.1, -0.05) is 120 Å². The Labute approximate surface area is 290 Å². The van der Waals surface area contributed by atoms with Crippen molar-refractivity contribution in [2.75, 3.05) is 6.61 Å². The van der Waals surface area contributed by atoms with Crippen LogP contribution < -0.4 is 0 Å². The van der Waals surface area contributed by atoms with Crippen molar-refractivity contribution in [3.05, 3.63) is 107 Å². The van der Waals surface area contributed by atoms with Crippen molar-refractivity contribution >= 4 is 11.9 Å². The van der Waals surface area contributed by atoms with Crippen LogP contribution in [0.4, 0.5) is 0 Å². The molecule has 0 unspecified atom stereocenters. The average molecular weight is 651 g/mol. The van der Waals surface area contributed by atoms with E-state index in [4.69, 9.17) is 9.47 Å². The highest BCUT2D eigenvalue weighted by Crippen LogP contribution is 2.39. The predicted molar refractivity (Wildman–Crippen MR) is 195 cm³/mol. The molecule has 0 aliphatic heterocycles. The molecule has 2 saturated carbocycles. The van der Waals surface area contributed by atoms with Crippen molar-refractivity contribution in [1.82, 2.24) is 0 Å². The van der Waals surface area contributed by atoms with Crippen LogP contribution in [-0.4, -0.2) is 18.5 Å². The first kappa shape index (κ1) is 35.9. The molecule has 0 bridgehead atoms. The van der Waals surface area contributed by atoms with E-state index >= 15 is 0 Å². The summed E-state index contributed by atoms with van der Waals surface area (Å²) in [5, 5.41) is 0. The maximum absolute atomic E-state index is 13.3. The summed E-state index contributed by atoms with van der Waals surface area (Å²) in [6.45, 7) is 4.50. The molecule has 2 fully saturated rings. The fourth-order valence-electron chi connectivity index (χ4n) is 8.02. The van der Waals surface area contributed by atoms with Crippen molar-refractivity contribution in [2.24, 2.45) is 11.8 Å². The quantitative estimate of drug-likeness (QED) is 0.114. The van der Waals surface area contributed by atoms with E-state index in [1.807, 2.05) is 54.6 Å². The molecule has 2 aliphatic carbocycles. The molecule has 0 heterocycles. The molecule has 4 nitrogen and oxygen atoms in total. The first-order valence-corrected chi connectivity index (χ1v) is 19.2. The van der Waals surface area contributed by atoms with Gasteiger partial charge in [0.25, 0.3) is 0 Å². The molecule has 4 heteroatoms. The third-order valence-corrected chi connectivity index (χ3v) is 11.1. The van der Waals surface area contributed by atoms with E-state index in [2.05, 4.69) is 38.1 Å². The monoisotopic (exact) mass is 650 g/mol. The van der Waals surface area contributed by atoms with Crippen LogP contribution in [0.3, 0.4) is 0 Å². The lowest BCUT2D eigenvalue weighted by Crippen LogP contribution is -2.19. The van der Waals surface area contributed by atoms with Gasteiger partial charge in [0.15, 0.2) is 6.10 Å². The van der Waals surface area contributed by atoms with E-state index in [-0.39, 0.29) is 6.61 Å². The van der Waals surface area contributed by atoms with Crippen molar-refractivity contribution in [2.45, 2.75) is 135 Å². The lowest BCUT2D eigenvalue weighted by atomic mass is 9.77. The van der Waals surface area contributed by atoms with Crippen LogP contribution in [0, 0.1) is 11.8 Å². The van der Waals surface area contributed by atoms with Crippen LogP contribution in [0.15, 0.2) is 78.9 Å². The van der Waals surface area contributed by atoms with Crippen molar-refractivity contribution < 1.29 is 19.1 Å². The summed E-state index contributed by atoms with van der Waals surface area (Å²) >= 11 is 0. The maximum atomic E-state index is 13.3. The van der Waals surface area contributed by atoms with Crippen molar-refractivity contribution in [1.29, 1.82) is 0 Å². The Hall–Kier alpha value is -3.40. The summed E-state index contributed by atoms with van der Waals surface area (Å²) in [5.74, 6) is 2.09. The SMILES string of the molecule is CCCCC[C@H]1CC[C@H](c2ccc(C(=O)OC[C@H](OC(=O)c3ccc([C@H]4CC[C@H](CCCCC)CC4)cc3)c3ccccc3)cc2)CC1. The Kier molecular flexibility index (Phi) is 14.2. The van der Waals surface area contributed by atoms with Crippen molar-refractivity contribution in [3.63, 3.8) is 0 Å². The number of carbonyl (C=O) groups excluding carboxylic acids is 2. The second kappa shape index (κ2) is 19.0. The standard InChI is InChI=1S/C44H58O4/c1-3-5-8-12-33-16-20-35(21-17-33)37-24-28-40(29-25-37)43(45)47-32-42(39-14-10-7-11-15-39)48-44(46)41-30-26-38(27-31-41)36-22-18-34(19-23-36)13-9-6-4-2/h7,10-11,14-15,24-31,33-36,42H,3-6,8-9,12-13,16-23,32H2,1-2H3/t33-,34-,35-,36-,42-/m0/s1. The number of benzene rings is 3. The second-order valence-corrected chi connectivity index (χ2v) is 14.6. The largest absolute Gasteiger partial charge is 0.458 e. The fourth-order valence-corrected chi connectivity index (χ4v) is 8.02. The van der Waals surface area contributed by atoms with Gasteiger partial charge in [0.1, 0.15) is 6.61 Å². The number of ether oxygens (including phenoxy) is 2. The van der Waals surface area contributed by atoms with Gasteiger partial charge in [0.05, 0.1) is 11.1 Å². The maximum Gasteiger partial charge on any atom is 0.338 e. The Morgan fingerprint density at radius 3 is 1.50 bits per heavy atom. The summed E-state index contributed by atoms with van der Waals surface area (Å²) in [6.07, 6.45) is 20.2. The van der Waals surface area contributed by atoms with Crippen LogP contribution in [0.25, 0.3) is 0 Å². The summed E-state index contributed by atoms with van der Waals surface area (Å²) < 4.78 is 11.7. The van der Waals surface area contributed by atoms with Crippen LogP contribution in [0.5, 0.6) is 0 Å². The van der Waals surface area contributed by atoms with Crippen LogP contribution in [0.2, 0.25) is 0 Å². The number of carbonyl (C=O) groups is 2. The minimum absolute atomic E-state index is 0.0437. The molecule has 0 radical (unpaired) electrons. The minimum atomic E-state index is -0.697. The van der Waals surface area contributed by atoms with E-state index < -0.39 is 18.0 Å². The molecule has 0 spiro atoms. The van der Waals surface area contributed by atoms with Gasteiger partial charge in [-0.3, -0.25) is 0 Å². The molecular formula is C44H58O4. The molecule has 48 heavy (non-hydrogen) atoms. The fraction of sp³-hybridized carbons (Fsp3) is 0.545. The molecule has 3 aromatic carbocycles. The zero-order valence-electron chi connectivity index (χ0n) is 29.5. The summed E-state index contributed by atoms with van der Waals surface area (Å²) in [6, 6.07) is 25.5. The molecule has 0 aromatic heterocycles. The van der Waals surface area contributed by atoms with Gasteiger partial charge in [-0.05, 0) is 116 Å². The predicted octanol–water partition coefficient (Wildman–Crippen LogP) is 12.1. The van der Waals surface area contributed by atoms with Gasteiger partial charge in [0.2, 0.25) is 0 Å². The zero-order chi connectivity index (χ0) is 33.6. The average Bonchev–Trinajstić information content (AvgIpc) is 3.14. The van der Waals surface area contributed by atoms with Gasteiger partial charge in [0, 0.05) is 0 Å². The Morgan fingerprint density at radius 2 is 1.04 bits per heavy atom. The van der Waals surface area contributed by atoms with E-state index in [9.17, 15) is 9.59 Å². The smallest absolute Gasteiger partial charge is 0.338 e. The third kappa shape index (κ3) is 10.5. The summed E-state index contributed by atoms with van der Waals surface area (Å²) in [5.41, 5.74) is 4.47. The molecule has 0 saturated heterocycles. The highest BCUT2D eigenvalue weighted by Gasteiger charge is 2.25. The van der Waals surface area contributed by atoms with Crippen molar-refractivity contribution in [3.8, 4) is 0 Å². The van der Waals surface area contributed by atoms with E-state index in [1.54, 1.807) is 0 Å². The van der Waals surface area contributed by atoms with Gasteiger partial charge < -0.3 is 9.47 Å². The van der Waals surface area contributed by atoms with Gasteiger partial charge in [-0.2, -0.15) is 0 Å². The molecule has 5 rings (SSSR count). The molecule has 258 valence electrons. The summed E-state index contributed by atoms with van der Waals surface area (Å²) in [4.78, 5) is 26.4. The topological polar surface area (TPSA) is 52.6 Å². The normalized spacial score (nSPS) is 21.7. The third-order valence-electron chi connectivity index (χ3n) is 11.1. The molecule has 3 aromatic rings. The summed E-state index contributed by atoms with van der Waals surface area (Å²) in [7, 11) is 0. The highest BCUT2D eigenvalue weighted by atomic mass is 16.6. The molecule has 1 atom stereocenters. The number of hydrogen-bond acceptors (Lipinski definition) is 4. The van der Waals surface area contributed by atoms with Crippen LogP contribution in [-0.2, 0) is 9.47 Å². The Morgan fingerprint density at radius 1 is 0.583 bits per heavy atom. The van der Waals surface area contributed by atoms with Gasteiger partial charge in [-0.25, -0.2) is 9.59 Å². The molecule has 2 aliphatic rings.